The van der Waals surface area contributed by atoms with Crippen molar-refractivity contribution in [3.8, 4) is 0 Å². The number of alkyl halides is 1. The van der Waals surface area contributed by atoms with Crippen molar-refractivity contribution < 1.29 is 8.42 Å². The molecule has 0 saturated heterocycles. The Labute approximate surface area is 250 Å². The highest BCUT2D eigenvalue weighted by Gasteiger charge is 2.42. The van der Waals surface area contributed by atoms with Gasteiger partial charge in [-0.25, -0.2) is 8.42 Å². The van der Waals surface area contributed by atoms with E-state index in [1.54, 1.807) is 0 Å². The molecule has 0 spiro atoms. The van der Waals surface area contributed by atoms with E-state index in [1.165, 1.54) is 0 Å². The van der Waals surface area contributed by atoms with Gasteiger partial charge in [0, 0.05) is 36.3 Å². The van der Waals surface area contributed by atoms with Crippen LogP contribution in [-0.4, -0.2) is 44.1 Å². The lowest BCUT2D eigenvalue weighted by Crippen LogP contribution is -2.50. The first-order valence-electron chi connectivity index (χ1n) is 14.4. The van der Waals surface area contributed by atoms with Crippen LogP contribution in [-0.2, 0) is 9.84 Å². The lowest BCUT2D eigenvalue weighted by atomic mass is 9.86. The van der Waals surface area contributed by atoms with Gasteiger partial charge in [0.05, 0.1) is 21.7 Å². The maximum Gasteiger partial charge on any atom is 0.180 e. The molecule has 2 aromatic rings. The van der Waals surface area contributed by atoms with Crippen LogP contribution < -0.4 is 15.5 Å². The van der Waals surface area contributed by atoms with Gasteiger partial charge in [-0.05, 0) is 73.6 Å². The van der Waals surface area contributed by atoms with Crippen molar-refractivity contribution >= 4 is 54.3 Å². The minimum absolute atomic E-state index is 0.126. The molecule has 39 heavy (non-hydrogen) atoms. The Bertz CT molecular complexity index is 1190. The molecule has 8 heteroatoms. The predicted molar refractivity (Wildman–Crippen MR) is 175 cm³/mol. The molecule has 1 aliphatic rings. The number of sulfone groups is 1. The number of halogens is 1. The first-order chi connectivity index (χ1) is 18.6. The van der Waals surface area contributed by atoms with Crippen LogP contribution in [0.2, 0.25) is 0 Å². The molecule has 1 heterocycles. The van der Waals surface area contributed by atoms with Gasteiger partial charge >= 0.3 is 0 Å². The second kappa shape index (κ2) is 14.9. The van der Waals surface area contributed by atoms with E-state index in [-0.39, 0.29) is 11.8 Å². The molecule has 1 unspecified atom stereocenters. The summed E-state index contributed by atoms with van der Waals surface area (Å²) in [7, 11) is 0.488. The van der Waals surface area contributed by atoms with E-state index >= 15 is 0 Å². The topological polar surface area (TPSA) is 61.4 Å². The number of benzene rings is 2. The van der Waals surface area contributed by atoms with Gasteiger partial charge in [0.2, 0.25) is 0 Å². The molecule has 0 saturated carbocycles. The largest absolute Gasteiger partial charge is 0.378 e. The Kier molecular flexibility index (Phi) is 12.3. The normalized spacial score (nSPS) is 17.7. The molecule has 0 fully saturated rings. The lowest BCUT2D eigenvalue weighted by molar-refractivity contribution is 0.278. The summed E-state index contributed by atoms with van der Waals surface area (Å²) in [6.45, 7) is 4.35. The van der Waals surface area contributed by atoms with Crippen LogP contribution in [0.5, 0.6) is 0 Å². The van der Waals surface area contributed by atoms with Crippen LogP contribution in [0.1, 0.15) is 95.2 Å². The van der Waals surface area contributed by atoms with Gasteiger partial charge in [0.25, 0.3) is 0 Å². The number of nitrogens with zero attached hydrogens (tertiary/aromatic N) is 1. The van der Waals surface area contributed by atoms with E-state index in [1.807, 2.05) is 43.3 Å². The SMILES string of the molecule is CCCCC1(CCCC)CS(=O)(=O)c2ccc(N(C)C)cc2C(c2cccc(NC(=S)CCCCCBr)c2)N1. The van der Waals surface area contributed by atoms with Crippen molar-refractivity contribution in [2.24, 2.45) is 0 Å². The quantitative estimate of drug-likeness (QED) is 0.124. The highest BCUT2D eigenvalue weighted by molar-refractivity contribution is 9.09. The Morgan fingerprint density at radius 1 is 1.05 bits per heavy atom. The predicted octanol–water partition coefficient (Wildman–Crippen LogP) is 8.03. The van der Waals surface area contributed by atoms with Crippen LogP contribution in [0, 0.1) is 0 Å². The van der Waals surface area contributed by atoms with Gasteiger partial charge < -0.3 is 10.2 Å². The summed E-state index contributed by atoms with van der Waals surface area (Å²) in [6.07, 6.45) is 9.95. The molecule has 5 nitrogen and oxygen atoms in total. The highest BCUT2D eigenvalue weighted by Crippen LogP contribution is 2.40. The number of anilines is 2. The third-order valence-electron chi connectivity index (χ3n) is 7.63. The van der Waals surface area contributed by atoms with Crippen LogP contribution in [0.3, 0.4) is 0 Å². The van der Waals surface area contributed by atoms with E-state index in [0.29, 0.717) is 4.90 Å². The molecule has 0 radical (unpaired) electrons. The van der Waals surface area contributed by atoms with Crippen molar-refractivity contribution in [3.63, 3.8) is 0 Å². The summed E-state index contributed by atoms with van der Waals surface area (Å²) in [6, 6.07) is 13.9. The van der Waals surface area contributed by atoms with Gasteiger partial charge in [0.1, 0.15) is 0 Å². The number of rotatable bonds is 14. The first kappa shape index (κ1) is 32.0. The number of thiocarbonyl (C=S) groups is 1. The van der Waals surface area contributed by atoms with E-state index in [4.69, 9.17) is 12.2 Å². The van der Waals surface area contributed by atoms with Crippen molar-refractivity contribution in [2.75, 3.05) is 35.4 Å². The van der Waals surface area contributed by atoms with Gasteiger partial charge in [0.15, 0.2) is 9.84 Å². The molecule has 1 aliphatic heterocycles. The molecular weight excluding hydrogens is 590 g/mol. The maximum absolute atomic E-state index is 14.0. The Morgan fingerprint density at radius 2 is 1.77 bits per heavy atom. The smallest absolute Gasteiger partial charge is 0.180 e. The molecule has 0 aliphatic carbocycles. The minimum atomic E-state index is -3.50. The van der Waals surface area contributed by atoms with Crippen molar-refractivity contribution in [2.45, 2.75) is 94.5 Å². The fraction of sp³-hybridized carbons (Fsp3) is 0.581. The van der Waals surface area contributed by atoms with Gasteiger partial charge in [-0.1, -0.05) is 86.2 Å². The average molecular weight is 637 g/mol. The molecule has 1 atom stereocenters. The Balaban J connectivity index is 2.07. The van der Waals surface area contributed by atoms with Crippen LogP contribution in [0.25, 0.3) is 0 Å². The maximum atomic E-state index is 14.0. The Hall–Kier alpha value is -1.48. The third-order valence-corrected chi connectivity index (χ3v) is 10.5. The standard InChI is InChI=1S/C31H46BrN3O2S2/c1-5-7-18-31(19-8-6-2)23-39(36,37)28-17-16-26(35(3)4)22-27(28)30(34-31)24-13-12-14-25(21-24)33-29(38)15-10-9-11-20-32/h12-14,16-17,21-22,30,34H,5-11,15,18-20,23H2,1-4H3,(H,33,38). The van der Waals surface area contributed by atoms with E-state index in [9.17, 15) is 8.42 Å². The third kappa shape index (κ3) is 8.75. The zero-order valence-electron chi connectivity index (χ0n) is 24.1. The Morgan fingerprint density at radius 3 is 2.41 bits per heavy atom. The number of hydrogen-bond donors (Lipinski definition) is 2. The lowest BCUT2D eigenvalue weighted by Gasteiger charge is -2.37. The summed E-state index contributed by atoms with van der Waals surface area (Å²) in [4.78, 5) is 3.32. The van der Waals surface area contributed by atoms with Gasteiger partial charge in [-0.2, -0.15) is 0 Å². The fourth-order valence-electron chi connectivity index (χ4n) is 5.47. The van der Waals surface area contributed by atoms with Gasteiger partial charge in [-0.15, -0.1) is 0 Å². The summed E-state index contributed by atoms with van der Waals surface area (Å²) >= 11 is 9.15. The number of fused-ring (bicyclic) bond motifs is 1. The molecular formula is C31H46BrN3O2S2. The van der Waals surface area contributed by atoms with E-state index in [0.717, 1.165) is 97.0 Å². The van der Waals surface area contributed by atoms with E-state index in [2.05, 4.69) is 58.6 Å². The minimum Gasteiger partial charge on any atom is -0.378 e. The molecule has 2 N–H and O–H groups in total. The zero-order chi connectivity index (χ0) is 28.5. The second-order valence-corrected chi connectivity index (χ2v) is 14.4. The molecule has 216 valence electrons. The monoisotopic (exact) mass is 635 g/mol. The van der Waals surface area contributed by atoms with Crippen molar-refractivity contribution in [1.82, 2.24) is 5.32 Å². The zero-order valence-corrected chi connectivity index (χ0v) is 27.3. The van der Waals surface area contributed by atoms with Crippen molar-refractivity contribution in [3.05, 3.63) is 53.6 Å². The second-order valence-electron chi connectivity index (χ2n) is 11.1. The number of nitrogens with one attached hydrogen (secondary N) is 2. The average Bonchev–Trinajstić information content (AvgIpc) is 3.00. The molecule has 0 aromatic heterocycles. The fourth-order valence-corrected chi connectivity index (χ4v) is 8.20. The molecule has 0 bridgehead atoms. The summed E-state index contributed by atoms with van der Waals surface area (Å²) < 4.78 is 27.9. The highest BCUT2D eigenvalue weighted by atomic mass is 79.9. The molecule has 0 amide bonds. The number of hydrogen-bond acceptors (Lipinski definition) is 5. The van der Waals surface area contributed by atoms with Gasteiger partial charge in [-0.3, -0.25) is 5.32 Å². The molecule has 3 rings (SSSR count). The van der Waals surface area contributed by atoms with Crippen LogP contribution in [0.4, 0.5) is 11.4 Å². The van der Waals surface area contributed by atoms with Crippen LogP contribution >= 0.6 is 28.1 Å². The first-order valence-corrected chi connectivity index (χ1v) is 17.6. The summed E-state index contributed by atoms with van der Waals surface area (Å²) in [5.74, 6) is 0.126. The van der Waals surface area contributed by atoms with Crippen molar-refractivity contribution in [1.29, 1.82) is 0 Å². The summed E-state index contributed by atoms with van der Waals surface area (Å²) in [5.41, 5.74) is 3.33. The summed E-state index contributed by atoms with van der Waals surface area (Å²) in [5, 5.41) is 8.42. The van der Waals surface area contributed by atoms with Crippen LogP contribution in [0.15, 0.2) is 47.4 Å². The molecule has 2 aromatic carbocycles. The number of unbranched alkanes of at least 4 members (excludes halogenated alkanes) is 4. The van der Waals surface area contributed by atoms with E-state index < -0.39 is 15.4 Å².